The number of benzene rings is 1. The number of rotatable bonds is 4. The van der Waals surface area contributed by atoms with Crippen molar-refractivity contribution in [2.45, 2.75) is 31.2 Å². The van der Waals surface area contributed by atoms with Crippen LogP contribution in [-0.4, -0.2) is 18.6 Å². The number of carbonyl (C=O) groups is 1. The van der Waals surface area contributed by atoms with Crippen molar-refractivity contribution >= 4 is 27.5 Å². The summed E-state index contributed by atoms with van der Waals surface area (Å²) in [6.45, 7) is 0. The second-order valence-corrected chi connectivity index (χ2v) is 5.64. The first kappa shape index (κ1) is 13.4. The number of nitrogens with one attached hydrogen (secondary N) is 1. The Hall–Kier alpha value is -1.07. The van der Waals surface area contributed by atoms with Crippen LogP contribution in [0.5, 0.6) is 5.75 Å². The quantitative estimate of drug-likeness (QED) is 0.898. The highest BCUT2D eigenvalue weighted by Gasteiger charge is 2.34. The molecule has 1 aliphatic carbocycles. The molecule has 1 aliphatic rings. The second kappa shape index (κ2) is 5.28. The maximum Gasteiger partial charge on any atom is 0.226 e. The standard InChI is InChI=1S/C13H17BrN2O2/c1-18-11-7-9(3-4-10(11)14)16-12(17)8-13(15)5-2-6-13/h3-4,7H,2,5-6,8,15H2,1H3,(H,16,17). The summed E-state index contributed by atoms with van der Waals surface area (Å²) in [4.78, 5) is 11.9. The minimum absolute atomic E-state index is 0.0402. The Bertz CT molecular complexity index is 458. The van der Waals surface area contributed by atoms with Gasteiger partial charge >= 0.3 is 0 Å². The van der Waals surface area contributed by atoms with Gasteiger partial charge in [0.05, 0.1) is 11.6 Å². The van der Waals surface area contributed by atoms with Gasteiger partial charge in [-0.25, -0.2) is 0 Å². The fraction of sp³-hybridized carbons (Fsp3) is 0.462. The molecular weight excluding hydrogens is 296 g/mol. The average molecular weight is 313 g/mol. The van der Waals surface area contributed by atoms with E-state index in [-0.39, 0.29) is 11.4 Å². The zero-order chi connectivity index (χ0) is 13.2. The predicted octanol–water partition coefficient (Wildman–Crippen LogP) is 2.67. The summed E-state index contributed by atoms with van der Waals surface area (Å²) in [5.41, 5.74) is 6.48. The summed E-state index contributed by atoms with van der Waals surface area (Å²) < 4.78 is 6.04. The molecule has 18 heavy (non-hydrogen) atoms. The lowest BCUT2D eigenvalue weighted by Crippen LogP contribution is -2.48. The molecule has 0 radical (unpaired) electrons. The number of nitrogens with two attached hydrogens (primary N) is 1. The number of halogens is 1. The minimum Gasteiger partial charge on any atom is -0.495 e. The largest absolute Gasteiger partial charge is 0.495 e. The molecular formula is C13H17BrN2O2. The molecule has 1 saturated carbocycles. The summed E-state index contributed by atoms with van der Waals surface area (Å²) in [5.74, 6) is 0.653. The number of hydrogen-bond donors (Lipinski definition) is 2. The molecule has 2 rings (SSSR count). The molecule has 4 nitrogen and oxygen atoms in total. The van der Waals surface area contributed by atoms with Gasteiger partial charge in [-0.1, -0.05) is 0 Å². The Balaban J connectivity index is 1.98. The van der Waals surface area contributed by atoms with Crippen LogP contribution in [0.25, 0.3) is 0 Å². The molecule has 1 fully saturated rings. The third-order valence-corrected chi connectivity index (χ3v) is 3.95. The van der Waals surface area contributed by atoms with E-state index in [0.29, 0.717) is 12.2 Å². The molecule has 0 aliphatic heterocycles. The van der Waals surface area contributed by atoms with Gasteiger partial charge < -0.3 is 15.8 Å². The van der Waals surface area contributed by atoms with Gasteiger partial charge in [0.25, 0.3) is 0 Å². The van der Waals surface area contributed by atoms with Crippen molar-refractivity contribution in [1.82, 2.24) is 0 Å². The lowest BCUT2D eigenvalue weighted by atomic mass is 9.75. The van der Waals surface area contributed by atoms with E-state index < -0.39 is 0 Å². The van der Waals surface area contributed by atoms with E-state index in [2.05, 4.69) is 21.2 Å². The van der Waals surface area contributed by atoms with Gasteiger partial charge in [-0.15, -0.1) is 0 Å². The van der Waals surface area contributed by atoms with E-state index in [4.69, 9.17) is 10.5 Å². The maximum atomic E-state index is 11.9. The van der Waals surface area contributed by atoms with Crippen LogP contribution in [0.3, 0.4) is 0 Å². The number of amides is 1. The van der Waals surface area contributed by atoms with Crippen molar-refractivity contribution in [3.63, 3.8) is 0 Å². The van der Waals surface area contributed by atoms with Crippen molar-refractivity contribution in [3.05, 3.63) is 22.7 Å². The first-order chi connectivity index (χ1) is 8.52. The van der Waals surface area contributed by atoms with Crippen LogP contribution in [0.15, 0.2) is 22.7 Å². The Labute approximate surface area is 115 Å². The molecule has 1 aromatic rings. The topological polar surface area (TPSA) is 64.3 Å². The first-order valence-electron chi connectivity index (χ1n) is 5.95. The average Bonchev–Trinajstić information content (AvgIpc) is 2.29. The molecule has 0 bridgehead atoms. The Morgan fingerprint density at radius 2 is 2.28 bits per heavy atom. The van der Waals surface area contributed by atoms with Crippen LogP contribution in [0, 0.1) is 0 Å². The van der Waals surface area contributed by atoms with Gasteiger partial charge in [-0.05, 0) is 47.3 Å². The molecule has 0 unspecified atom stereocenters. The summed E-state index contributed by atoms with van der Waals surface area (Å²) >= 11 is 3.37. The zero-order valence-electron chi connectivity index (χ0n) is 10.3. The normalized spacial score (nSPS) is 16.8. The third kappa shape index (κ3) is 3.03. The highest BCUT2D eigenvalue weighted by atomic mass is 79.9. The molecule has 98 valence electrons. The van der Waals surface area contributed by atoms with Crippen molar-refractivity contribution in [2.75, 3.05) is 12.4 Å². The molecule has 0 atom stereocenters. The van der Waals surface area contributed by atoms with Crippen LogP contribution in [-0.2, 0) is 4.79 Å². The second-order valence-electron chi connectivity index (χ2n) is 4.79. The van der Waals surface area contributed by atoms with Crippen molar-refractivity contribution in [1.29, 1.82) is 0 Å². The smallest absolute Gasteiger partial charge is 0.226 e. The van der Waals surface area contributed by atoms with Crippen molar-refractivity contribution in [2.24, 2.45) is 5.73 Å². The highest BCUT2D eigenvalue weighted by Crippen LogP contribution is 2.33. The van der Waals surface area contributed by atoms with Crippen LogP contribution < -0.4 is 15.8 Å². The van der Waals surface area contributed by atoms with Gasteiger partial charge in [-0.3, -0.25) is 4.79 Å². The molecule has 3 N–H and O–H groups in total. The minimum atomic E-state index is -0.288. The number of ether oxygens (including phenoxy) is 1. The number of methoxy groups -OCH3 is 1. The molecule has 1 amide bonds. The molecule has 1 aromatic carbocycles. The number of hydrogen-bond acceptors (Lipinski definition) is 3. The Kier molecular flexibility index (Phi) is 3.92. The zero-order valence-corrected chi connectivity index (χ0v) is 11.9. The lowest BCUT2D eigenvalue weighted by Gasteiger charge is -2.37. The van der Waals surface area contributed by atoms with Crippen LogP contribution in [0.2, 0.25) is 0 Å². The molecule has 0 spiro atoms. The summed E-state index contributed by atoms with van der Waals surface area (Å²) in [7, 11) is 1.59. The monoisotopic (exact) mass is 312 g/mol. The molecule has 5 heteroatoms. The first-order valence-corrected chi connectivity index (χ1v) is 6.74. The van der Waals surface area contributed by atoms with Gasteiger partial charge in [-0.2, -0.15) is 0 Å². The van der Waals surface area contributed by atoms with Crippen LogP contribution >= 0.6 is 15.9 Å². The van der Waals surface area contributed by atoms with Gasteiger partial charge in [0.2, 0.25) is 5.91 Å². The summed E-state index contributed by atoms with van der Waals surface area (Å²) in [6, 6.07) is 5.45. The molecule has 0 heterocycles. The van der Waals surface area contributed by atoms with E-state index in [9.17, 15) is 4.79 Å². The summed E-state index contributed by atoms with van der Waals surface area (Å²) in [5, 5.41) is 2.85. The molecule has 0 saturated heterocycles. The third-order valence-electron chi connectivity index (χ3n) is 3.30. The highest BCUT2D eigenvalue weighted by molar-refractivity contribution is 9.10. The van der Waals surface area contributed by atoms with E-state index in [1.807, 2.05) is 12.1 Å². The fourth-order valence-electron chi connectivity index (χ4n) is 2.07. The Morgan fingerprint density at radius 1 is 1.56 bits per heavy atom. The maximum absolute atomic E-state index is 11.9. The predicted molar refractivity (Wildman–Crippen MR) is 74.7 cm³/mol. The number of anilines is 1. The van der Waals surface area contributed by atoms with E-state index >= 15 is 0 Å². The summed E-state index contributed by atoms with van der Waals surface area (Å²) in [6.07, 6.45) is 3.37. The van der Waals surface area contributed by atoms with Crippen LogP contribution in [0.1, 0.15) is 25.7 Å². The van der Waals surface area contributed by atoms with Crippen LogP contribution in [0.4, 0.5) is 5.69 Å². The van der Waals surface area contributed by atoms with Crippen molar-refractivity contribution < 1.29 is 9.53 Å². The lowest BCUT2D eigenvalue weighted by molar-refractivity contribution is -0.118. The van der Waals surface area contributed by atoms with Gasteiger partial charge in [0.1, 0.15) is 5.75 Å². The van der Waals surface area contributed by atoms with E-state index in [0.717, 1.165) is 29.4 Å². The fourth-order valence-corrected chi connectivity index (χ4v) is 2.48. The molecule has 0 aromatic heterocycles. The van der Waals surface area contributed by atoms with Crippen molar-refractivity contribution in [3.8, 4) is 5.75 Å². The number of carbonyl (C=O) groups excluding carboxylic acids is 1. The van der Waals surface area contributed by atoms with E-state index in [1.165, 1.54) is 0 Å². The van der Waals surface area contributed by atoms with Gasteiger partial charge in [0.15, 0.2) is 0 Å². The van der Waals surface area contributed by atoms with Gasteiger partial charge in [0, 0.05) is 23.7 Å². The van der Waals surface area contributed by atoms with E-state index in [1.54, 1.807) is 13.2 Å². The SMILES string of the molecule is COc1cc(NC(=O)CC2(N)CCC2)ccc1Br. The Morgan fingerprint density at radius 3 is 2.83 bits per heavy atom.